The van der Waals surface area contributed by atoms with Gasteiger partial charge in [-0.15, -0.1) is 0 Å². The minimum absolute atomic E-state index is 0.0297. The zero-order valence-corrected chi connectivity index (χ0v) is 12.7. The molecular formula is C15H17BrN2O2. The molecule has 1 aliphatic rings. The summed E-state index contributed by atoms with van der Waals surface area (Å²) in [7, 11) is 0. The number of alkyl halides is 1. The second-order valence-electron chi connectivity index (χ2n) is 5.32. The van der Waals surface area contributed by atoms with Crippen molar-refractivity contribution in [2.75, 3.05) is 0 Å². The number of benzene rings is 1. The quantitative estimate of drug-likeness (QED) is 0.875. The van der Waals surface area contributed by atoms with Crippen LogP contribution in [0.15, 0.2) is 28.8 Å². The van der Waals surface area contributed by atoms with Crippen LogP contribution in [0.25, 0.3) is 11.0 Å². The molecule has 0 bridgehead atoms. The first-order valence-corrected chi connectivity index (χ1v) is 7.90. The predicted octanol–water partition coefficient (Wildman–Crippen LogP) is 3.19. The molecule has 20 heavy (non-hydrogen) atoms. The molecule has 1 N–H and O–H groups in total. The van der Waals surface area contributed by atoms with Gasteiger partial charge in [0.25, 0.3) is 0 Å². The molecule has 0 aliphatic heterocycles. The zero-order valence-electron chi connectivity index (χ0n) is 11.1. The van der Waals surface area contributed by atoms with Crippen LogP contribution in [0.5, 0.6) is 0 Å². The van der Waals surface area contributed by atoms with Crippen LogP contribution >= 0.6 is 15.9 Å². The Morgan fingerprint density at radius 3 is 2.85 bits per heavy atom. The van der Waals surface area contributed by atoms with Crippen LogP contribution < -0.4 is 5.32 Å². The molecule has 5 heteroatoms. The Morgan fingerprint density at radius 2 is 2.05 bits per heavy atom. The van der Waals surface area contributed by atoms with Gasteiger partial charge in [-0.25, -0.2) is 0 Å². The van der Waals surface area contributed by atoms with E-state index in [1.54, 1.807) is 0 Å². The average molecular weight is 337 g/mol. The number of halogens is 1. The average Bonchev–Trinajstić information content (AvgIpc) is 2.85. The number of carbonyl (C=O) groups is 1. The minimum atomic E-state index is 0.0297. The Morgan fingerprint density at radius 1 is 1.30 bits per heavy atom. The molecule has 0 atom stereocenters. The third kappa shape index (κ3) is 3.03. The van der Waals surface area contributed by atoms with Gasteiger partial charge in [-0.1, -0.05) is 33.2 Å². The first-order valence-electron chi connectivity index (χ1n) is 6.99. The number of aromatic nitrogens is 1. The number of carbonyl (C=O) groups excluding carboxylic acids is 1. The summed E-state index contributed by atoms with van der Waals surface area (Å²) >= 11 is 3.62. The van der Waals surface area contributed by atoms with Gasteiger partial charge < -0.3 is 9.84 Å². The molecule has 3 rings (SSSR count). The van der Waals surface area contributed by atoms with Crippen LogP contribution in [0.1, 0.15) is 31.4 Å². The van der Waals surface area contributed by atoms with Gasteiger partial charge in [-0.2, -0.15) is 0 Å². The second-order valence-corrected chi connectivity index (χ2v) is 6.61. The summed E-state index contributed by atoms with van der Waals surface area (Å²) in [6.07, 6.45) is 4.61. The largest absolute Gasteiger partial charge is 0.356 e. The van der Waals surface area contributed by atoms with Crippen molar-refractivity contribution < 1.29 is 9.32 Å². The van der Waals surface area contributed by atoms with Crippen molar-refractivity contribution in [2.24, 2.45) is 0 Å². The van der Waals surface area contributed by atoms with Crippen molar-refractivity contribution in [3.8, 4) is 0 Å². The fourth-order valence-corrected chi connectivity index (χ4v) is 3.22. The highest BCUT2D eigenvalue weighted by Gasteiger charge is 2.21. The van der Waals surface area contributed by atoms with Gasteiger partial charge >= 0.3 is 0 Å². The fourth-order valence-electron chi connectivity index (χ4n) is 2.69. The van der Waals surface area contributed by atoms with E-state index in [0.29, 0.717) is 16.6 Å². The topological polar surface area (TPSA) is 55.1 Å². The van der Waals surface area contributed by atoms with E-state index in [0.717, 1.165) is 36.7 Å². The summed E-state index contributed by atoms with van der Waals surface area (Å²) < 4.78 is 5.22. The lowest BCUT2D eigenvalue weighted by molar-refractivity contribution is -0.121. The van der Waals surface area contributed by atoms with E-state index in [1.807, 2.05) is 24.3 Å². The molecule has 0 unspecified atom stereocenters. The number of hydrogen-bond acceptors (Lipinski definition) is 3. The molecule has 106 valence electrons. The molecule has 1 amide bonds. The third-order valence-corrected chi connectivity index (χ3v) is 4.72. The van der Waals surface area contributed by atoms with E-state index < -0.39 is 0 Å². The van der Waals surface area contributed by atoms with Gasteiger partial charge in [-0.05, 0) is 37.8 Å². The Bertz CT molecular complexity index is 603. The summed E-state index contributed by atoms with van der Waals surface area (Å²) in [4.78, 5) is 12.7. The van der Waals surface area contributed by atoms with Crippen molar-refractivity contribution in [3.05, 3.63) is 30.0 Å². The molecule has 4 nitrogen and oxygen atoms in total. The fraction of sp³-hybridized carbons (Fsp3) is 0.467. The van der Waals surface area contributed by atoms with Crippen molar-refractivity contribution >= 4 is 32.8 Å². The molecule has 1 fully saturated rings. The summed E-state index contributed by atoms with van der Waals surface area (Å²) in [5.74, 6) is 0.0297. The SMILES string of the molecule is O=C(Cc1noc2ccccc12)NC1CCC(Br)CC1. The Kier molecular flexibility index (Phi) is 4.05. The maximum Gasteiger partial charge on any atom is 0.226 e. The van der Waals surface area contributed by atoms with Crippen LogP contribution in [0.4, 0.5) is 0 Å². The Hall–Kier alpha value is -1.36. The molecule has 1 heterocycles. The molecule has 1 aromatic carbocycles. The maximum atomic E-state index is 12.1. The number of hydrogen-bond donors (Lipinski definition) is 1. The van der Waals surface area contributed by atoms with Crippen LogP contribution in [0, 0.1) is 0 Å². The number of rotatable bonds is 3. The third-order valence-electron chi connectivity index (χ3n) is 3.80. The summed E-state index contributed by atoms with van der Waals surface area (Å²) in [5, 5.41) is 8.02. The highest BCUT2D eigenvalue weighted by atomic mass is 79.9. The summed E-state index contributed by atoms with van der Waals surface area (Å²) in [6, 6.07) is 7.93. The lowest BCUT2D eigenvalue weighted by atomic mass is 9.95. The molecule has 2 aromatic rings. The lowest BCUT2D eigenvalue weighted by Gasteiger charge is -2.25. The van der Waals surface area contributed by atoms with E-state index in [2.05, 4.69) is 26.4 Å². The van der Waals surface area contributed by atoms with Gasteiger partial charge in [0, 0.05) is 16.3 Å². The van der Waals surface area contributed by atoms with Crippen molar-refractivity contribution in [1.82, 2.24) is 10.5 Å². The highest BCUT2D eigenvalue weighted by Crippen LogP contribution is 2.24. The molecule has 1 saturated carbocycles. The van der Waals surface area contributed by atoms with Gasteiger partial charge in [-0.3, -0.25) is 4.79 Å². The number of nitrogens with one attached hydrogen (secondary N) is 1. The molecular weight excluding hydrogens is 320 g/mol. The molecule has 0 spiro atoms. The van der Waals surface area contributed by atoms with Gasteiger partial charge in [0.1, 0.15) is 5.69 Å². The lowest BCUT2D eigenvalue weighted by Crippen LogP contribution is -2.38. The smallest absolute Gasteiger partial charge is 0.226 e. The highest BCUT2D eigenvalue weighted by molar-refractivity contribution is 9.09. The van der Waals surface area contributed by atoms with Crippen molar-refractivity contribution in [1.29, 1.82) is 0 Å². The van der Waals surface area contributed by atoms with E-state index in [9.17, 15) is 4.79 Å². The van der Waals surface area contributed by atoms with Crippen molar-refractivity contribution in [2.45, 2.75) is 43.0 Å². The van der Waals surface area contributed by atoms with Crippen LogP contribution in [-0.4, -0.2) is 21.9 Å². The van der Waals surface area contributed by atoms with Crippen LogP contribution in [0.3, 0.4) is 0 Å². The van der Waals surface area contributed by atoms with Crippen molar-refractivity contribution in [3.63, 3.8) is 0 Å². The molecule has 0 radical (unpaired) electrons. The first kappa shape index (κ1) is 13.6. The normalized spacial score (nSPS) is 22.9. The van der Waals surface area contributed by atoms with Crippen LogP contribution in [-0.2, 0) is 11.2 Å². The van der Waals surface area contributed by atoms with E-state index >= 15 is 0 Å². The molecule has 0 saturated heterocycles. The van der Waals surface area contributed by atoms with Crippen LogP contribution in [0.2, 0.25) is 0 Å². The van der Waals surface area contributed by atoms with Gasteiger partial charge in [0.05, 0.1) is 6.42 Å². The summed E-state index contributed by atoms with van der Waals surface area (Å²) in [6.45, 7) is 0. The number of nitrogens with zero attached hydrogens (tertiary/aromatic N) is 1. The van der Waals surface area contributed by atoms with E-state index in [-0.39, 0.29) is 12.3 Å². The minimum Gasteiger partial charge on any atom is -0.356 e. The summed E-state index contributed by atoms with van der Waals surface area (Å²) in [5.41, 5.74) is 1.45. The maximum absolute atomic E-state index is 12.1. The number of para-hydroxylation sites is 1. The predicted molar refractivity (Wildman–Crippen MR) is 80.8 cm³/mol. The standard InChI is InChI=1S/C15H17BrN2O2/c16-10-5-7-11(8-6-10)17-15(19)9-13-12-3-1-2-4-14(12)20-18-13/h1-4,10-11H,5-9H2,(H,17,19). The van der Waals surface area contributed by atoms with E-state index in [4.69, 9.17) is 4.52 Å². The monoisotopic (exact) mass is 336 g/mol. The zero-order chi connectivity index (χ0) is 13.9. The van der Waals surface area contributed by atoms with Gasteiger partial charge in [0.2, 0.25) is 5.91 Å². The number of fused-ring (bicyclic) bond motifs is 1. The van der Waals surface area contributed by atoms with Gasteiger partial charge in [0.15, 0.2) is 5.58 Å². The Labute approximate surface area is 126 Å². The first-order chi connectivity index (χ1) is 9.72. The second kappa shape index (κ2) is 5.95. The molecule has 1 aliphatic carbocycles. The molecule has 1 aromatic heterocycles. The number of amides is 1. The Balaban J connectivity index is 1.61. The van der Waals surface area contributed by atoms with E-state index in [1.165, 1.54) is 0 Å².